The third-order valence-corrected chi connectivity index (χ3v) is 1.71. The molecule has 0 aromatic heterocycles. The van der Waals surface area contributed by atoms with Gasteiger partial charge in [-0.3, -0.25) is 4.90 Å². The van der Waals surface area contributed by atoms with Crippen LogP contribution in [-0.4, -0.2) is 43.5 Å². The van der Waals surface area contributed by atoms with Crippen molar-refractivity contribution in [3.63, 3.8) is 0 Å². The fraction of sp³-hybridized carbons (Fsp3) is 0.833. The molecule has 0 unspecified atom stereocenters. The van der Waals surface area contributed by atoms with Gasteiger partial charge in [0.2, 0.25) is 0 Å². The molecule has 1 heterocycles. The van der Waals surface area contributed by atoms with E-state index in [0.29, 0.717) is 6.54 Å². The maximum atomic E-state index is 10.1. The quantitative estimate of drug-likeness (QED) is 0.456. The van der Waals surface area contributed by atoms with Gasteiger partial charge in [0.05, 0.1) is 12.7 Å². The highest BCUT2D eigenvalue weighted by Crippen LogP contribution is 1.94. The molecule has 0 aromatic rings. The van der Waals surface area contributed by atoms with E-state index in [4.69, 9.17) is 5.73 Å². The van der Waals surface area contributed by atoms with Crippen LogP contribution in [0.5, 0.6) is 0 Å². The number of carbonyl (C=O) groups is 1. The second-order valence-electron chi connectivity index (χ2n) is 2.43. The number of nitrogens with zero attached hydrogens (tertiary/aromatic N) is 1. The van der Waals surface area contributed by atoms with E-state index in [-0.39, 0.29) is 6.17 Å². The summed E-state index contributed by atoms with van der Waals surface area (Å²) in [5.74, 6) is 0. The fourth-order valence-electron chi connectivity index (χ4n) is 1.09. The molecule has 0 saturated carbocycles. The van der Waals surface area contributed by atoms with E-state index in [9.17, 15) is 4.79 Å². The van der Waals surface area contributed by atoms with Gasteiger partial charge in [-0.25, -0.2) is 0 Å². The number of hydrogen-bond acceptors (Lipinski definition) is 4. The van der Waals surface area contributed by atoms with Gasteiger partial charge >= 0.3 is 0 Å². The molecule has 0 aromatic carbocycles. The van der Waals surface area contributed by atoms with Gasteiger partial charge in [0.15, 0.2) is 0 Å². The molecular formula is C6H13N3O. The molecule has 1 saturated heterocycles. The lowest BCUT2D eigenvalue weighted by Gasteiger charge is -2.31. The number of hydrogen-bond donors (Lipinski definition) is 2. The van der Waals surface area contributed by atoms with E-state index in [1.807, 2.05) is 4.90 Å². The van der Waals surface area contributed by atoms with Gasteiger partial charge < -0.3 is 15.8 Å². The normalized spacial score (nSPS) is 28.3. The van der Waals surface area contributed by atoms with E-state index >= 15 is 0 Å². The molecule has 1 rings (SSSR count). The summed E-state index contributed by atoms with van der Waals surface area (Å²) in [7, 11) is 0. The van der Waals surface area contributed by atoms with Crippen LogP contribution in [0.3, 0.4) is 0 Å². The Morgan fingerprint density at radius 3 is 3.20 bits per heavy atom. The number of rotatable bonds is 2. The minimum atomic E-state index is 0.0129. The molecule has 3 N–H and O–H groups in total. The Bertz CT molecular complexity index is 118. The van der Waals surface area contributed by atoms with E-state index < -0.39 is 0 Å². The molecule has 0 amide bonds. The first-order chi connectivity index (χ1) is 4.84. The summed E-state index contributed by atoms with van der Waals surface area (Å²) in [6.07, 6.45) is 0.907. The minimum Gasteiger partial charge on any atom is -0.315 e. The highest BCUT2D eigenvalue weighted by atomic mass is 16.1. The summed E-state index contributed by atoms with van der Waals surface area (Å²) < 4.78 is 0. The van der Waals surface area contributed by atoms with Crippen LogP contribution in [0.1, 0.15) is 0 Å². The Morgan fingerprint density at radius 1 is 1.80 bits per heavy atom. The van der Waals surface area contributed by atoms with Gasteiger partial charge in [-0.1, -0.05) is 0 Å². The van der Waals surface area contributed by atoms with Crippen molar-refractivity contribution in [3.05, 3.63) is 0 Å². The topological polar surface area (TPSA) is 58.4 Å². The molecule has 1 fully saturated rings. The van der Waals surface area contributed by atoms with Crippen molar-refractivity contribution < 1.29 is 4.79 Å². The lowest BCUT2D eigenvalue weighted by Crippen LogP contribution is -2.56. The predicted molar refractivity (Wildman–Crippen MR) is 38.5 cm³/mol. The smallest absolute Gasteiger partial charge is 0.134 e. The van der Waals surface area contributed by atoms with Crippen molar-refractivity contribution in [2.75, 3.05) is 26.2 Å². The molecule has 1 aliphatic heterocycles. The molecule has 0 spiro atoms. The Morgan fingerprint density at radius 2 is 2.60 bits per heavy atom. The molecule has 10 heavy (non-hydrogen) atoms. The van der Waals surface area contributed by atoms with Crippen LogP contribution >= 0.6 is 0 Å². The monoisotopic (exact) mass is 143 g/mol. The lowest BCUT2D eigenvalue weighted by atomic mass is 10.3. The first-order valence-electron chi connectivity index (χ1n) is 3.48. The minimum absolute atomic E-state index is 0.0129. The van der Waals surface area contributed by atoms with Gasteiger partial charge in [0, 0.05) is 19.6 Å². The fourth-order valence-corrected chi connectivity index (χ4v) is 1.09. The number of nitrogens with one attached hydrogen (secondary N) is 1. The summed E-state index contributed by atoms with van der Waals surface area (Å²) in [5, 5.41) is 3.14. The van der Waals surface area contributed by atoms with Crippen molar-refractivity contribution in [3.8, 4) is 0 Å². The van der Waals surface area contributed by atoms with Crippen LogP contribution in [0.25, 0.3) is 0 Å². The Labute approximate surface area is 60.4 Å². The van der Waals surface area contributed by atoms with Crippen LogP contribution < -0.4 is 11.1 Å². The third kappa shape index (κ3) is 1.76. The van der Waals surface area contributed by atoms with Crippen molar-refractivity contribution >= 4 is 6.29 Å². The molecule has 0 bridgehead atoms. The van der Waals surface area contributed by atoms with Crippen LogP contribution in [0.15, 0.2) is 0 Å². The highest BCUT2D eigenvalue weighted by molar-refractivity contribution is 5.52. The largest absolute Gasteiger partial charge is 0.315 e. The van der Waals surface area contributed by atoms with Gasteiger partial charge in [0.1, 0.15) is 6.29 Å². The molecule has 0 aliphatic carbocycles. The van der Waals surface area contributed by atoms with Gasteiger partial charge in [-0.15, -0.1) is 0 Å². The SMILES string of the molecule is N[C@@H]1CNCCN1CC=O. The Balaban J connectivity index is 2.32. The van der Waals surface area contributed by atoms with Crippen molar-refractivity contribution in [2.45, 2.75) is 6.17 Å². The average molecular weight is 143 g/mol. The van der Waals surface area contributed by atoms with E-state index in [1.165, 1.54) is 0 Å². The molecule has 1 atom stereocenters. The second-order valence-corrected chi connectivity index (χ2v) is 2.43. The molecule has 58 valence electrons. The molecule has 4 nitrogen and oxygen atoms in total. The summed E-state index contributed by atoms with van der Waals surface area (Å²) in [5.41, 5.74) is 5.67. The first-order valence-corrected chi connectivity index (χ1v) is 3.48. The second kappa shape index (κ2) is 3.65. The summed E-state index contributed by atoms with van der Waals surface area (Å²) in [4.78, 5) is 12.1. The van der Waals surface area contributed by atoms with Gasteiger partial charge in [-0.05, 0) is 0 Å². The zero-order chi connectivity index (χ0) is 7.40. The highest BCUT2D eigenvalue weighted by Gasteiger charge is 2.16. The van der Waals surface area contributed by atoms with Crippen molar-refractivity contribution in [2.24, 2.45) is 5.73 Å². The van der Waals surface area contributed by atoms with Gasteiger partial charge in [0.25, 0.3) is 0 Å². The molecule has 4 heteroatoms. The Kier molecular flexibility index (Phi) is 2.80. The van der Waals surface area contributed by atoms with Crippen molar-refractivity contribution in [1.29, 1.82) is 0 Å². The van der Waals surface area contributed by atoms with Gasteiger partial charge in [-0.2, -0.15) is 0 Å². The number of aldehydes is 1. The standard InChI is InChI=1S/C6H13N3O/c7-6-5-8-1-2-9(6)3-4-10/h4,6,8H,1-3,5,7H2/t6-/m0/s1. The summed E-state index contributed by atoms with van der Waals surface area (Å²) >= 11 is 0. The number of piperazine rings is 1. The van der Waals surface area contributed by atoms with Crippen LogP contribution in [0, 0.1) is 0 Å². The molecule has 0 radical (unpaired) electrons. The van der Waals surface area contributed by atoms with E-state index in [1.54, 1.807) is 0 Å². The predicted octanol–water partition coefficient (Wildman–Crippen LogP) is -1.62. The summed E-state index contributed by atoms with van der Waals surface area (Å²) in [6, 6.07) is 0. The molecular weight excluding hydrogens is 130 g/mol. The zero-order valence-corrected chi connectivity index (χ0v) is 5.92. The lowest BCUT2D eigenvalue weighted by molar-refractivity contribution is -0.109. The summed E-state index contributed by atoms with van der Waals surface area (Å²) in [6.45, 7) is 3.05. The van der Waals surface area contributed by atoms with Crippen LogP contribution in [0.4, 0.5) is 0 Å². The molecule has 1 aliphatic rings. The average Bonchev–Trinajstić information content (AvgIpc) is 1.94. The third-order valence-electron chi connectivity index (χ3n) is 1.71. The number of nitrogens with two attached hydrogens (primary N) is 1. The van der Waals surface area contributed by atoms with Crippen LogP contribution in [0.2, 0.25) is 0 Å². The first kappa shape index (κ1) is 7.65. The van der Waals surface area contributed by atoms with Crippen LogP contribution in [-0.2, 0) is 4.79 Å². The van der Waals surface area contributed by atoms with E-state index in [0.717, 1.165) is 25.9 Å². The zero-order valence-electron chi connectivity index (χ0n) is 5.92. The van der Waals surface area contributed by atoms with E-state index in [2.05, 4.69) is 5.32 Å². The van der Waals surface area contributed by atoms with Crippen molar-refractivity contribution in [1.82, 2.24) is 10.2 Å². The number of carbonyl (C=O) groups excluding carboxylic acids is 1. The maximum Gasteiger partial charge on any atom is 0.134 e. The Hall–Kier alpha value is -0.450. The maximum absolute atomic E-state index is 10.1.